The van der Waals surface area contributed by atoms with Crippen LogP contribution >= 0.6 is 15.9 Å². The van der Waals surface area contributed by atoms with E-state index >= 15 is 0 Å². The van der Waals surface area contributed by atoms with Gasteiger partial charge in [-0.05, 0) is 90.2 Å². The Labute approximate surface area is 225 Å². The summed E-state index contributed by atoms with van der Waals surface area (Å²) in [6.07, 6.45) is 5.36. The van der Waals surface area contributed by atoms with E-state index in [1.807, 2.05) is 48.5 Å². The number of nitrogens with one attached hydrogen (secondary N) is 2. The summed E-state index contributed by atoms with van der Waals surface area (Å²) in [6, 6.07) is 30.2. The highest BCUT2D eigenvalue weighted by Crippen LogP contribution is 2.50. The fourth-order valence-electron chi connectivity index (χ4n) is 5.20. The maximum Gasteiger partial charge on any atom is 0.261 e. The molecule has 0 unspecified atom stereocenters. The van der Waals surface area contributed by atoms with Gasteiger partial charge < -0.3 is 10.1 Å². The van der Waals surface area contributed by atoms with Crippen molar-refractivity contribution in [3.63, 3.8) is 0 Å². The number of hydrogen-bond acceptors (Lipinski definition) is 4. The lowest BCUT2D eigenvalue weighted by Crippen LogP contribution is -2.29. The van der Waals surface area contributed by atoms with Crippen LogP contribution in [0.4, 0.5) is 11.4 Å². The van der Waals surface area contributed by atoms with Crippen LogP contribution < -0.4 is 14.8 Å². The van der Waals surface area contributed by atoms with Crippen LogP contribution in [0.1, 0.15) is 29.5 Å². The summed E-state index contributed by atoms with van der Waals surface area (Å²) in [4.78, 5) is 0.248. The predicted octanol–water partition coefficient (Wildman–Crippen LogP) is 7.87. The third-order valence-corrected chi connectivity index (χ3v) is 8.81. The van der Waals surface area contributed by atoms with Crippen molar-refractivity contribution in [1.29, 1.82) is 0 Å². The van der Waals surface area contributed by atoms with Gasteiger partial charge in [0.15, 0.2) is 0 Å². The van der Waals surface area contributed by atoms with Crippen LogP contribution in [-0.4, -0.2) is 8.42 Å². The third kappa shape index (κ3) is 4.89. The van der Waals surface area contributed by atoms with Crippen molar-refractivity contribution in [3.05, 3.63) is 125 Å². The lowest BCUT2D eigenvalue weighted by molar-refractivity contribution is 0.425. The van der Waals surface area contributed by atoms with Crippen LogP contribution in [-0.2, 0) is 10.0 Å². The molecule has 4 aromatic carbocycles. The SMILES string of the molecule is O=S(=O)(Nc1ccc(Oc2ccccc2)cc1)c1ccc2c(c1)[C@H]1C=CC[C@H]1[C@@H](c1cccc(Br)c1)N2. The van der Waals surface area contributed by atoms with E-state index in [1.165, 1.54) is 5.56 Å². The highest BCUT2D eigenvalue weighted by atomic mass is 79.9. The summed E-state index contributed by atoms with van der Waals surface area (Å²) in [5.74, 6) is 1.84. The molecule has 37 heavy (non-hydrogen) atoms. The number of anilines is 2. The molecule has 7 heteroatoms. The zero-order valence-corrected chi connectivity index (χ0v) is 22.2. The van der Waals surface area contributed by atoms with Gasteiger partial charge in [0.25, 0.3) is 10.0 Å². The first-order valence-electron chi connectivity index (χ1n) is 12.1. The Morgan fingerprint density at radius 3 is 2.43 bits per heavy atom. The average Bonchev–Trinajstić information content (AvgIpc) is 3.40. The summed E-state index contributed by atoms with van der Waals surface area (Å²) >= 11 is 3.59. The van der Waals surface area contributed by atoms with E-state index in [9.17, 15) is 8.42 Å². The second-order valence-corrected chi connectivity index (χ2v) is 11.9. The number of ether oxygens (including phenoxy) is 1. The van der Waals surface area contributed by atoms with Crippen LogP contribution in [0.15, 0.2) is 119 Å². The van der Waals surface area contributed by atoms with Crippen LogP contribution in [0, 0.1) is 5.92 Å². The van der Waals surface area contributed by atoms with Crippen LogP contribution in [0.5, 0.6) is 11.5 Å². The summed E-state index contributed by atoms with van der Waals surface area (Å²) in [5.41, 5.74) is 3.68. The monoisotopic (exact) mass is 572 g/mol. The van der Waals surface area contributed by atoms with Crippen LogP contribution in [0.25, 0.3) is 0 Å². The molecule has 1 aliphatic heterocycles. The molecule has 0 saturated heterocycles. The molecule has 1 aliphatic carbocycles. The van der Waals surface area contributed by atoms with Gasteiger partial charge in [0.05, 0.1) is 10.9 Å². The van der Waals surface area contributed by atoms with Crippen molar-refractivity contribution >= 4 is 37.3 Å². The zero-order chi connectivity index (χ0) is 25.4. The molecule has 0 amide bonds. The number of fused-ring (bicyclic) bond motifs is 3. The summed E-state index contributed by atoms with van der Waals surface area (Å²) in [6.45, 7) is 0. The highest BCUT2D eigenvalue weighted by Gasteiger charge is 2.38. The minimum Gasteiger partial charge on any atom is -0.457 e. The Morgan fingerprint density at radius 2 is 1.65 bits per heavy atom. The largest absolute Gasteiger partial charge is 0.457 e. The first-order chi connectivity index (χ1) is 18.0. The van der Waals surface area contributed by atoms with Gasteiger partial charge in [0.2, 0.25) is 0 Å². The number of hydrogen-bond donors (Lipinski definition) is 2. The van der Waals surface area contributed by atoms with E-state index < -0.39 is 10.0 Å². The number of para-hydroxylation sites is 1. The number of benzene rings is 4. The maximum absolute atomic E-state index is 13.3. The Balaban J connectivity index is 1.23. The fraction of sp³-hybridized carbons (Fsp3) is 0.133. The molecule has 0 fully saturated rings. The number of sulfonamides is 1. The molecule has 0 bridgehead atoms. The molecule has 1 heterocycles. The first kappa shape index (κ1) is 23.8. The lowest BCUT2D eigenvalue weighted by atomic mass is 9.77. The second kappa shape index (κ2) is 9.72. The van der Waals surface area contributed by atoms with Gasteiger partial charge in [-0.3, -0.25) is 4.72 Å². The van der Waals surface area contributed by atoms with Gasteiger partial charge >= 0.3 is 0 Å². The molecule has 186 valence electrons. The molecule has 0 radical (unpaired) electrons. The Morgan fingerprint density at radius 1 is 0.865 bits per heavy atom. The Hall–Kier alpha value is -3.55. The smallest absolute Gasteiger partial charge is 0.261 e. The Bertz CT molecular complexity index is 1570. The number of allylic oxidation sites excluding steroid dienone is 2. The van der Waals surface area contributed by atoms with E-state index in [1.54, 1.807) is 30.3 Å². The summed E-state index contributed by atoms with van der Waals surface area (Å²) in [7, 11) is -3.77. The molecular formula is C30H25BrN2O3S. The van der Waals surface area contributed by atoms with Gasteiger partial charge in [-0.1, -0.05) is 58.4 Å². The minimum atomic E-state index is -3.77. The second-order valence-electron chi connectivity index (χ2n) is 9.32. The zero-order valence-electron chi connectivity index (χ0n) is 19.8. The van der Waals surface area contributed by atoms with Crippen LogP contribution in [0.2, 0.25) is 0 Å². The van der Waals surface area contributed by atoms with Crippen LogP contribution in [0.3, 0.4) is 0 Å². The standard InChI is InChI=1S/C30H25BrN2O3S/c31-21-7-4-6-20(18-21)30-27-11-5-10-26(27)28-19-25(16-17-29(28)32-30)37(34,35)33-22-12-14-24(15-13-22)36-23-8-2-1-3-9-23/h1-10,12-19,26-27,30,32-33H,11H2/t26-,27+,30+/m0/s1. The topological polar surface area (TPSA) is 67.4 Å². The predicted molar refractivity (Wildman–Crippen MR) is 151 cm³/mol. The molecule has 2 aliphatic rings. The third-order valence-electron chi connectivity index (χ3n) is 6.94. The van der Waals surface area contributed by atoms with E-state index in [2.05, 4.69) is 56.3 Å². The van der Waals surface area contributed by atoms with E-state index in [0.29, 0.717) is 17.4 Å². The number of halogens is 1. The maximum atomic E-state index is 13.3. The summed E-state index contributed by atoms with van der Waals surface area (Å²) < 4.78 is 36.1. The summed E-state index contributed by atoms with van der Waals surface area (Å²) in [5, 5.41) is 3.68. The molecule has 0 spiro atoms. The van der Waals surface area contributed by atoms with E-state index in [-0.39, 0.29) is 16.9 Å². The van der Waals surface area contributed by atoms with Crippen molar-refractivity contribution in [2.24, 2.45) is 5.92 Å². The van der Waals surface area contributed by atoms with Gasteiger partial charge in [-0.25, -0.2) is 8.42 Å². The molecule has 2 N–H and O–H groups in total. The quantitative estimate of drug-likeness (QED) is 0.231. The molecule has 4 aromatic rings. The van der Waals surface area contributed by atoms with Gasteiger partial charge in [0.1, 0.15) is 11.5 Å². The molecule has 3 atom stereocenters. The molecular weight excluding hydrogens is 548 g/mol. The van der Waals surface area contributed by atoms with Gasteiger partial charge in [-0.2, -0.15) is 0 Å². The molecule has 6 rings (SSSR count). The van der Waals surface area contributed by atoms with E-state index in [4.69, 9.17) is 4.74 Å². The lowest BCUT2D eigenvalue weighted by Gasteiger charge is -2.37. The molecule has 5 nitrogen and oxygen atoms in total. The van der Waals surface area contributed by atoms with Gasteiger partial charge in [0, 0.05) is 21.8 Å². The molecule has 0 saturated carbocycles. The number of rotatable bonds is 6. The van der Waals surface area contributed by atoms with Crippen molar-refractivity contribution < 1.29 is 13.2 Å². The van der Waals surface area contributed by atoms with Crippen molar-refractivity contribution in [3.8, 4) is 11.5 Å². The molecule has 0 aromatic heterocycles. The van der Waals surface area contributed by atoms with Gasteiger partial charge in [-0.15, -0.1) is 0 Å². The van der Waals surface area contributed by atoms with Crippen molar-refractivity contribution in [2.45, 2.75) is 23.3 Å². The van der Waals surface area contributed by atoms with Crippen molar-refractivity contribution in [2.75, 3.05) is 10.0 Å². The Kier molecular flexibility index (Phi) is 6.26. The normalized spacial score (nSPS) is 20.0. The van der Waals surface area contributed by atoms with Crippen molar-refractivity contribution in [1.82, 2.24) is 0 Å². The minimum absolute atomic E-state index is 0.155. The first-order valence-corrected chi connectivity index (χ1v) is 14.4. The highest BCUT2D eigenvalue weighted by molar-refractivity contribution is 9.10. The average molecular weight is 574 g/mol. The fourth-order valence-corrected chi connectivity index (χ4v) is 6.71. The van der Waals surface area contributed by atoms with E-state index in [0.717, 1.165) is 27.9 Å².